The average molecular weight is 451 g/mol. The second-order valence-electron chi connectivity index (χ2n) is 8.99. The van der Waals surface area contributed by atoms with Gasteiger partial charge in [-0.25, -0.2) is 0 Å². The van der Waals surface area contributed by atoms with E-state index in [1.807, 2.05) is 0 Å². The molecule has 0 radical (unpaired) electrons. The monoisotopic (exact) mass is 452 g/mol. The van der Waals surface area contributed by atoms with Gasteiger partial charge in [-0.3, -0.25) is 0 Å². The minimum absolute atomic E-state index is 0.941. The van der Waals surface area contributed by atoms with Gasteiger partial charge < -0.3 is 0 Å². The first-order valence-electron chi connectivity index (χ1n) is 10.5. The van der Waals surface area contributed by atoms with Crippen molar-refractivity contribution >= 4 is 43.9 Å². The molecule has 0 amide bonds. The Balaban J connectivity index is 1.68. The fourth-order valence-corrected chi connectivity index (χ4v) is 12.2. The molecule has 0 unspecified atom stereocenters. The van der Waals surface area contributed by atoms with Gasteiger partial charge in [0.1, 0.15) is 0 Å². The Morgan fingerprint density at radius 3 is 2.23 bits per heavy atom. The molecule has 0 aliphatic carbocycles. The van der Waals surface area contributed by atoms with Crippen molar-refractivity contribution in [1.29, 1.82) is 0 Å². The SMILES string of the molecule is Cc1ccccc1-c1oc2[c]3c(ccc2[n+]1C)-c1cc2ccccc2c[c]1[Ge]3([CH3])[CH3]. The van der Waals surface area contributed by atoms with Crippen LogP contribution >= 0.6 is 0 Å². The summed E-state index contributed by atoms with van der Waals surface area (Å²) in [5.41, 5.74) is 7.45. The van der Waals surface area contributed by atoms with Gasteiger partial charge in [0, 0.05) is 0 Å². The molecule has 0 saturated carbocycles. The van der Waals surface area contributed by atoms with Gasteiger partial charge in [0.15, 0.2) is 0 Å². The summed E-state index contributed by atoms with van der Waals surface area (Å²) in [6.07, 6.45) is 0. The van der Waals surface area contributed by atoms with E-state index >= 15 is 0 Å². The van der Waals surface area contributed by atoms with E-state index in [-0.39, 0.29) is 0 Å². The van der Waals surface area contributed by atoms with E-state index in [2.05, 4.69) is 103 Å². The average Bonchev–Trinajstić information content (AvgIpc) is 3.19. The number of oxazole rings is 1. The van der Waals surface area contributed by atoms with Crippen molar-refractivity contribution in [3.8, 4) is 22.6 Å². The molecule has 4 aromatic carbocycles. The van der Waals surface area contributed by atoms with Crippen LogP contribution < -0.4 is 13.4 Å². The summed E-state index contributed by atoms with van der Waals surface area (Å²) in [6, 6.07) is 26.6. The molecule has 2 heterocycles. The van der Waals surface area contributed by atoms with E-state index in [0.29, 0.717) is 0 Å². The number of aryl methyl sites for hydroxylation is 2. The molecular weight excluding hydrogens is 427 g/mol. The first-order chi connectivity index (χ1) is 14.5. The molecule has 6 rings (SSSR count). The first kappa shape index (κ1) is 18.0. The van der Waals surface area contributed by atoms with Crippen molar-refractivity contribution in [3.63, 3.8) is 0 Å². The fourth-order valence-electron chi connectivity index (χ4n) is 5.22. The third-order valence-corrected chi connectivity index (χ3v) is 14.2. The van der Waals surface area contributed by atoms with Crippen LogP contribution in [0.25, 0.3) is 44.5 Å². The number of hydrogen-bond donors (Lipinski definition) is 0. The van der Waals surface area contributed by atoms with E-state index in [0.717, 1.165) is 17.0 Å². The van der Waals surface area contributed by atoms with Gasteiger partial charge >= 0.3 is 179 Å². The van der Waals surface area contributed by atoms with Gasteiger partial charge in [0.05, 0.1) is 0 Å². The standard InChI is InChI=1S/C27H24GeNO/c1-17-9-5-8-12-20(17)27-29(4)24-14-13-21-22-15-18-10-6-7-11-19(18)16-23(22)28(2,3)25(21)26(24)30-27/h5-16H,1-4H3/q+1. The number of benzene rings is 4. The molecule has 1 aromatic heterocycles. The van der Waals surface area contributed by atoms with Gasteiger partial charge in [0.25, 0.3) is 0 Å². The maximum absolute atomic E-state index is 6.68. The first-order valence-corrected chi connectivity index (χ1v) is 16.8. The fraction of sp³-hybridized carbons (Fsp3) is 0.148. The Labute approximate surface area is 179 Å². The van der Waals surface area contributed by atoms with Gasteiger partial charge in [0.2, 0.25) is 0 Å². The number of rotatable bonds is 1. The predicted octanol–water partition coefficient (Wildman–Crippen LogP) is 5.19. The van der Waals surface area contributed by atoms with Crippen LogP contribution in [-0.4, -0.2) is 13.3 Å². The van der Waals surface area contributed by atoms with Crippen LogP contribution in [0.4, 0.5) is 0 Å². The summed E-state index contributed by atoms with van der Waals surface area (Å²) in [6.45, 7) is 2.15. The minimum atomic E-state index is -2.51. The zero-order valence-electron chi connectivity index (χ0n) is 17.8. The second kappa shape index (κ2) is 6.08. The second-order valence-corrected chi connectivity index (χ2v) is 18.0. The molecule has 0 fully saturated rings. The molecule has 146 valence electrons. The van der Waals surface area contributed by atoms with E-state index in [1.165, 1.54) is 37.4 Å². The molecule has 30 heavy (non-hydrogen) atoms. The van der Waals surface area contributed by atoms with Crippen LogP contribution in [0.1, 0.15) is 5.56 Å². The van der Waals surface area contributed by atoms with Crippen LogP contribution in [0.5, 0.6) is 0 Å². The number of aromatic nitrogens is 1. The van der Waals surface area contributed by atoms with Crippen LogP contribution in [0.2, 0.25) is 11.5 Å². The Hall–Kier alpha value is -2.85. The summed E-state index contributed by atoms with van der Waals surface area (Å²) in [5, 5.41) is 2.65. The maximum atomic E-state index is 6.68. The molecule has 3 heteroatoms. The number of nitrogens with zero attached hydrogens (tertiary/aromatic N) is 1. The zero-order chi connectivity index (χ0) is 20.6. The van der Waals surface area contributed by atoms with Crippen LogP contribution in [0.15, 0.2) is 77.2 Å². The Morgan fingerprint density at radius 1 is 0.767 bits per heavy atom. The van der Waals surface area contributed by atoms with Crippen LogP contribution in [0.3, 0.4) is 0 Å². The molecular formula is C27H24GeNO+. The van der Waals surface area contributed by atoms with Crippen molar-refractivity contribution in [2.24, 2.45) is 7.05 Å². The van der Waals surface area contributed by atoms with Crippen molar-refractivity contribution in [2.75, 3.05) is 0 Å². The van der Waals surface area contributed by atoms with Crippen molar-refractivity contribution in [1.82, 2.24) is 0 Å². The van der Waals surface area contributed by atoms with E-state index in [4.69, 9.17) is 4.42 Å². The summed E-state index contributed by atoms with van der Waals surface area (Å²) in [5.74, 6) is 5.96. The van der Waals surface area contributed by atoms with Gasteiger partial charge in [-0.2, -0.15) is 0 Å². The molecule has 0 spiro atoms. The molecule has 0 N–H and O–H groups in total. The Morgan fingerprint density at radius 2 is 1.47 bits per heavy atom. The van der Waals surface area contributed by atoms with E-state index in [9.17, 15) is 0 Å². The summed E-state index contributed by atoms with van der Waals surface area (Å²) < 4.78 is 11.9. The molecule has 0 saturated heterocycles. The van der Waals surface area contributed by atoms with Crippen LogP contribution in [0, 0.1) is 6.92 Å². The number of hydrogen-bond acceptors (Lipinski definition) is 1. The molecule has 5 aromatic rings. The van der Waals surface area contributed by atoms with Gasteiger partial charge in [-0.1, -0.05) is 0 Å². The van der Waals surface area contributed by atoms with E-state index < -0.39 is 13.3 Å². The molecule has 2 nitrogen and oxygen atoms in total. The molecule has 0 bridgehead atoms. The quantitative estimate of drug-likeness (QED) is 0.254. The Bertz CT molecular complexity index is 1490. The topological polar surface area (TPSA) is 17.0 Å². The molecule has 0 atom stereocenters. The van der Waals surface area contributed by atoms with Crippen molar-refractivity contribution in [3.05, 3.63) is 78.4 Å². The molecule has 1 aliphatic rings. The zero-order valence-corrected chi connectivity index (χ0v) is 19.9. The predicted molar refractivity (Wildman–Crippen MR) is 127 cm³/mol. The van der Waals surface area contributed by atoms with Crippen molar-refractivity contribution in [2.45, 2.75) is 18.4 Å². The summed E-state index contributed by atoms with van der Waals surface area (Å²) >= 11 is -2.51. The normalized spacial score (nSPS) is 14.3. The van der Waals surface area contributed by atoms with E-state index in [1.54, 1.807) is 4.40 Å². The third-order valence-electron chi connectivity index (χ3n) is 6.85. The number of fused-ring (bicyclic) bond motifs is 6. The van der Waals surface area contributed by atoms with Gasteiger partial charge in [-0.15, -0.1) is 0 Å². The molecule has 1 aliphatic heterocycles. The summed E-state index contributed by atoms with van der Waals surface area (Å²) in [7, 11) is 2.12. The third kappa shape index (κ3) is 2.28. The van der Waals surface area contributed by atoms with Gasteiger partial charge in [-0.05, 0) is 0 Å². The summed E-state index contributed by atoms with van der Waals surface area (Å²) in [4.78, 5) is 0. The van der Waals surface area contributed by atoms with Crippen molar-refractivity contribution < 1.29 is 8.98 Å². The van der Waals surface area contributed by atoms with Crippen LogP contribution in [-0.2, 0) is 7.05 Å². The Kier molecular flexibility index (Phi) is 3.64.